The quantitative estimate of drug-likeness (QED) is 0.644. The molecule has 0 radical (unpaired) electrons. The van der Waals surface area contributed by atoms with Crippen LogP contribution in [0, 0.1) is 34.5 Å². The van der Waals surface area contributed by atoms with Crippen LogP contribution in [0.25, 0.3) is 0 Å². The summed E-state index contributed by atoms with van der Waals surface area (Å²) in [6.45, 7) is 8.00. The summed E-state index contributed by atoms with van der Waals surface area (Å²) < 4.78 is 11.3. The Morgan fingerprint density at radius 2 is 1.44 bits per heavy atom. The van der Waals surface area contributed by atoms with Gasteiger partial charge in [0.05, 0.1) is 0 Å². The number of hydrogen-bond donors (Lipinski definition) is 0. The number of carbonyl (C=O) groups excluding carboxylic acids is 2. The molecule has 0 bridgehead atoms. The molecule has 0 aromatic rings. The van der Waals surface area contributed by atoms with Crippen LogP contribution in [-0.2, 0) is 19.1 Å². The lowest BCUT2D eigenvalue weighted by atomic mass is 9.45. The first-order chi connectivity index (χ1) is 12.7. The predicted molar refractivity (Wildman–Crippen MR) is 103 cm³/mol. The molecular weight excluding hydrogens is 340 g/mol. The topological polar surface area (TPSA) is 52.6 Å². The van der Waals surface area contributed by atoms with Crippen LogP contribution in [0.5, 0.6) is 0 Å². The normalized spacial score (nSPS) is 48.7. The van der Waals surface area contributed by atoms with E-state index in [4.69, 9.17) is 9.47 Å². The van der Waals surface area contributed by atoms with E-state index in [1.165, 1.54) is 45.4 Å². The summed E-state index contributed by atoms with van der Waals surface area (Å²) in [5, 5.41) is 0. The van der Waals surface area contributed by atoms with Crippen molar-refractivity contribution in [2.24, 2.45) is 34.5 Å². The van der Waals surface area contributed by atoms with Gasteiger partial charge in [0, 0.05) is 19.3 Å². The molecule has 0 N–H and O–H groups in total. The fourth-order valence-corrected chi connectivity index (χ4v) is 7.91. The van der Waals surface area contributed by atoms with E-state index in [1.54, 1.807) is 6.92 Å². The highest BCUT2D eigenvalue weighted by atomic mass is 16.5. The van der Waals surface area contributed by atoms with E-state index >= 15 is 0 Å². The van der Waals surface area contributed by atoms with Crippen molar-refractivity contribution < 1.29 is 19.1 Å². The maximum Gasteiger partial charge on any atom is 0.302 e. The zero-order valence-corrected chi connectivity index (χ0v) is 17.5. The highest BCUT2D eigenvalue weighted by Gasteiger charge is 2.61. The van der Waals surface area contributed by atoms with E-state index in [-0.39, 0.29) is 29.6 Å². The molecule has 3 unspecified atom stereocenters. The molecule has 152 valence electrons. The predicted octanol–water partition coefficient (Wildman–Crippen LogP) is 4.89. The Hall–Kier alpha value is -1.06. The van der Waals surface area contributed by atoms with Crippen molar-refractivity contribution in [1.82, 2.24) is 0 Å². The first-order valence-electron chi connectivity index (χ1n) is 11.1. The van der Waals surface area contributed by atoms with Gasteiger partial charge in [-0.3, -0.25) is 9.59 Å². The SMILES string of the molecule is CC(=O)O[C@H]1CC[C@]2(C)C3CC[C@@]4(C)C(CC[C@@H]4OC(C)=O)C3CC[C@H]2C1. The van der Waals surface area contributed by atoms with Crippen molar-refractivity contribution in [2.75, 3.05) is 0 Å². The molecule has 0 spiro atoms. The molecule has 4 heteroatoms. The van der Waals surface area contributed by atoms with Crippen LogP contribution in [0.1, 0.15) is 85.5 Å². The molecular formula is C23H36O4. The van der Waals surface area contributed by atoms with E-state index < -0.39 is 0 Å². The Labute approximate surface area is 163 Å². The number of esters is 2. The third-order valence-electron chi connectivity index (χ3n) is 9.17. The molecule has 0 aromatic carbocycles. The van der Waals surface area contributed by atoms with E-state index in [1.807, 2.05) is 0 Å². The van der Waals surface area contributed by atoms with Crippen LogP contribution in [-0.4, -0.2) is 24.1 Å². The van der Waals surface area contributed by atoms with Gasteiger partial charge in [-0.15, -0.1) is 0 Å². The van der Waals surface area contributed by atoms with Gasteiger partial charge < -0.3 is 9.47 Å². The Morgan fingerprint density at radius 3 is 2.15 bits per heavy atom. The molecule has 0 heterocycles. The van der Waals surface area contributed by atoms with E-state index in [0.717, 1.165) is 31.1 Å². The molecule has 0 amide bonds. The lowest BCUT2D eigenvalue weighted by Crippen LogP contribution is -2.54. The molecule has 0 aliphatic heterocycles. The second kappa shape index (κ2) is 6.77. The number of carbonyl (C=O) groups is 2. The molecule has 4 aliphatic rings. The Bertz CT molecular complexity index is 615. The molecule has 4 aliphatic carbocycles. The Morgan fingerprint density at radius 1 is 0.778 bits per heavy atom. The summed E-state index contributed by atoms with van der Waals surface area (Å²) in [5.41, 5.74) is 0.561. The van der Waals surface area contributed by atoms with Gasteiger partial charge in [0.15, 0.2) is 0 Å². The highest BCUT2D eigenvalue weighted by Crippen LogP contribution is 2.66. The van der Waals surface area contributed by atoms with Crippen LogP contribution in [0.3, 0.4) is 0 Å². The number of ether oxygens (including phenoxy) is 2. The number of fused-ring (bicyclic) bond motifs is 5. The van der Waals surface area contributed by atoms with Crippen molar-refractivity contribution in [1.29, 1.82) is 0 Å². The van der Waals surface area contributed by atoms with Gasteiger partial charge in [-0.2, -0.15) is 0 Å². The second-order valence-electron chi connectivity index (χ2n) is 10.4. The zero-order valence-electron chi connectivity index (χ0n) is 17.5. The molecule has 4 saturated carbocycles. The molecule has 4 rings (SSSR count). The van der Waals surface area contributed by atoms with Crippen LogP contribution in [0.15, 0.2) is 0 Å². The number of rotatable bonds is 2. The molecule has 8 atom stereocenters. The molecule has 0 aromatic heterocycles. The lowest BCUT2D eigenvalue weighted by molar-refractivity contribution is -0.167. The molecule has 0 saturated heterocycles. The van der Waals surface area contributed by atoms with Gasteiger partial charge >= 0.3 is 11.9 Å². The average molecular weight is 377 g/mol. The van der Waals surface area contributed by atoms with Crippen molar-refractivity contribution in [3.05, 3.63) is 0 Å². The van der Waals surface area contributed by atoms with Crippen molar-refractivity contribution in [3.63, 3.8) is 0 Å². The maximum absolute atomic E-state index is 11.6. The van der Waals surface area contributed by atoms with Gasteiger partial charge in [-0.05, 0) is 86.9 Å². The fourth-order valence-electron chi connectivity index (χ4n) is 7.91. The van der Waals surface area contributed by atoms with Crippen LogP contribution in [0.2, 0.25) is 0 Å². The third-order valence-corrected chi connectivity index (χ3v) is 9.17. The smallest absolute Gasteiger partial charge is 0.302 e. The minimum atomic E-state index is -0.131. The molecule has 27 heavy (non-hydrogen) atoms. The maximum atomic E-state index is 11.6. The second-order valence-corrected chi connectivity index (χ2v) is 10.4. The lowest BCUT2D eigenvalue weighted by Gasteiger charge is -2.60. The summed E-state index contributed by atoms with van der Waals surface area (Å²) in [6, 6.07) is 0. The third kappa shape index (κ3) is 3.11. The standard InChI is InChI=1S/C23H36O4/c1-14(24)26-17-9-11-22(3)16(13-17)5-6-18-19-7-8-21(27-15(2)25)23(19,4)12-10-20(18)22/h16-21H,5-13H2,1-4H3/t16-,17-,18?,19?,20?,21-,22-,23-/m0/s1. The zero-order chi connectivity index (χ0) is 19.4. The summed E-state index contributed by atoms with van der Waals surface area (Å²) in [6.07, 6.45) is 10.8. The molecule has 4 fully saturated rings. The number of hydrogen-bond acceptors (Lipinski definition) is 4. The monoisotopic (exact) mass is 376 g/mol. The minimum absolute atomic E-state index is 0.117. The largest absolute Gasteiger partial charge is 0.463 e. The summed E-state index contributed by atoms with van der Waals surface area (Å²) in [7, 11) is 0. The molecule has 4 nitrogen and oxygen atoms in total. The van der Waals surface area contributed by atoms with Gasteiger partial charge in [0.25, 0.3) is 0 Å². The van der Waals surface area contributed by atoms with Crippen LogP contribution < -0.4 is 0 Å². The summed E-state index contributed by atoms with van der Waals surface area (Å²) in [5.74, 6) is 2.69. The van der Waals surface area contributed by atoms with Gasteiger partial charge in [0.2, 0.25) is 0 Å². The minimum Gasteiger partial charge on any atom is -0.463 e. The van der Waals surface area contributed by atoms with E-state index in [0.29, 0.717) is 17.3 Å². The van der Waals surface area contributed by atoms with Gasteiger partial charge in [-0.25, -0.2) is 0 Å². The van der Waals surface area contributed by atoms with Crippen molar-refractivity contribution in [2.45, 2.75) is 97.7 Å². The highest BCUT2D eigenvalue weighted by molar-refractivity contribution is 5.66. The van der Waals surface area contributed by atoms with Crippen LogP contribution >= 0.6 is 0 Å². The first-order valence-corrected chi connectivity index (χ1v) is 11.1. The van der Waals surface area contributed by atoms with E-state index in [9.17, 15) is 9.59 Å². The average Bonchev–Trinajstić information content (AvgIpc) is 2.91. The Balaban J connectivity index is 1.51. The van der Waals surface area contributed by atoms with Crippen molar-refractivity contribution >= 4 is 11.9 Å². The van der Waals surface area contributed by atoms with E-state index in [2.05, 4.69) is 13.8 Å². The summed E-state index contributed by atoms with van der Waals surface area (Å²) in [4.78, 5) is 23.0. The fraction of sp³-hybridized carbons (Fsp3) is 0.913. The van der Waals surface area contributed by atoms with Crippen LogP contribution in [0.4, 0.5) is 0 Å². The van der Waals surface area contributed by atoms with Gasteiger partial charge in [0.1, 0.15) is 12.2 Å². The first kappa shape index (κ1) is 19.3. The Kier molecular flexibility index (Phi) is 4.83. The van der Waals surface area contributed by atoms with Crippen molar-refractivity contribution in [3.8, 4) is 0 Å². The van der Waals surface area contributed by atoms with Gasteiger partial charge in [-0.1, -0.05) is 13.8 Å². The summed E-state index contributed by atoms with van der Waals surface area (Å²) >= 11 is 0.